The predicted molar refractivity (Wildman–Crippen MR) is 137 cm³/mol. The predicted octanol–water partition coefficient (Wildman–Crippen LogP) is 5.79. The van der Waals surface area contributed by atoms with Crippen LogP contribution < -0.4 is 9.47 Å². The lowest BCUT2D eigenvalue weighted by Gasteiger charge is -2.49. The van der Waals surface area contributed by atoms with Gasteiger partial charge in [-0.3, -0.25) is 0 Å². The molecule has 5 nitrogen and oxygen atoms in total. The van der Waals surface area contributed by atoms with E-state index in [1.54, 1.807) is 14.2 Å². The van der Waals surface area contributed by atoms with Crippen LogP contribution in [0.15, 0.2) is 18.2 Å². The lowest BCUT2D eigenvalue weighted by Crippen LogP contribution is -2.53. The summed E-state index contributed by atoms with van der Waals surface area (Å²) in [7, 11) is 5.72. The molecule has 0 aromatic heterocycles. The number of ether oxygens (including phenoxy) is 4. The highest BCUT2D eigenvalue weighted by Crippen LogP contribution is 2.59. The molecule has 6 fully saturated rings. The van der Waals surface area contributed by atoms with Crippen molar-refractivity contribution in [3.05, 3.63) is 23.8 Å². The first-order valence-corrected chi connectivity index (χ1v) is 14.1. The molecule has 6 unspecified atom stereocenters. The Morgan fingerprint density at radius 1 is 0.971 bits per heavy atom. The molecule has 1 aromatic carbocycles. The highest BCUT2D eigenvalue weighted by molar-refractivity contribution is 5.46. The molecule has 6 aliphatic rings. The molecule has 7 rings (SSSR count). The number of hydrogen-bond donors (Lipinski definition) is 0. The molecule has 2 aliphatic heterocycles. The van der Waals surface area contributed by atoms with E-state index >= 15 is 0 Å². The molecule has 5 heteroatoms. The van der Waals surface area contributed by atoms with E-state index in [4.69, 9.17) is 18.9 Å². The van der Waals surface area contributed by atoms with E-state index in [-0.39, 0.29) is 11.5 Å². The van der Waals surface area contributed by atoms with Gasteiger partial charge in [0.15, 0.2) is 17.3 Å². The fraction of sp³-hybridized carbons (Fsp3) is 0.800. The monoisotopic (exact) mass is 483 g/mol. The number of fused-ring (bicyclic) bond motifs is 5. The van der Waals surface area contributed by atoms with E-state index in [9.17, 15) is 0 Å². The van der Waals surface area contributed by atoms with Gasteiger partial charge >= 0.3 is 0 Å². The van der Waals surface area contributed by atoms with E-state index in [1.165, 1.54) is 44.1 Å². The molecule has 4 saturated carbocycles. The zero-order chi connectivity index (χ0) is 24.4. The van der Waals surface area contributed by atoms with Gasteiger partial charge in [0.2, 0.25) is 0 Å². The number of nitrogens with zero attached hydrogens (tertiary/aromatic N) is 1. The topological polar surface area (TPSA) is 40.2 Å². The van der Waals surface area contributed by atoms with Gasteiger partial charge in [0.25, 0.3) is 0 Å². The van der Waals surface area contributed by atoms with Gasteiger partial charge in [0, 0.05) is 24.3 Å². The highest BCUT2D eigenvalue weighted by atomic mass is 16.7. The summed E-state index contributed by atoms with van der Waals surface area (Å²) < 4.78 is 25.1. The molecule has 2 heterocycles. The molecular weight excluding hydrogens is 438 g/mol. The number of benzene rings is 1. The molecule has 2 saturated heterocycles. The molecule has 4 aliphatic carbocycles. The van der Waals surface area contributed by atoms with Crippen LogP contribution in [0.4, 0.5) is 0 Å². The molecule has 1 aromatic rings. The molecule has 0 N–H and O–H groups in total. The summed E-state index contributed by atoms with van der Waals surface area (Å²) in [5.74, 6) is 3.75. The second-order valence-corrected chi connectivity index (χ2v) is 12.9. The van der Waals surface area contributed by atoms with Crippen LogP contribution in [-0.4, -0.2) is 57.3 Å². The summed E-state index contributed by atoms with van der Waals surface area (Å²) >= 11 is 0. The van der Waals surface area contributed by atoms with Gasteiger partial charge in [0.05, 0.1) is 26.9 Å². The van der Waals surface area contributed by atoms with Gasteiger partial charge in [0.1, 0.15) is 0 Å². The van der Waals surface area contributed by atoms with Crippen LogP contribution in [0.2, 0.25) is 0 Å². The zero-order valence-electron chi connectivity index (χ0n) is 22.5. The summed E-state index contributed by atoms with van der Waals surface area (Å²) in [6.07, 6.45) is 11.2. The van der Waals surface area contributed by atoms with Crippen LogP contribution >= 0.6 is 0 Å². The lowest BCUT2D eigenvalue weighted by atomic mass is 9.63. The molecule has 1 spiro atoms. The van der Waals surface area contributed by atoms with Crippen molar-refractivity contribution in [3.63, 3.8) is 0 Å². The summed E-state index contributed by atoms with van der Waals surface area (Å²) in [5.41, 5.74) is 1.80. The summed E-state index contributed by atoms with van der Waals surface area (Å²) in [4.78, 5) is 2.55. The average molecular weight is 484 g/mol. The van der Waals surface area contributed by atoms with E-state index in [1.807, 2.05) is 0 Å². The first-order valence-electron chi connectivity index (χ1n) is 14.1. The van der Waals surface area contributed by atoms with E-state index in [0.29, 0.717) is 11.5 Å². The van der Waals surface area contributed by atoms with Gasteiger partial charge in [-0.15, -0.1) is 0 Å². The minimum atomic E-state index is -0.418. The maximum Gasteiger partial charge on any atom is 0.170 e. The fourth-order valence-electron chi connectivity index (χ4n) is 9.22. The number of methoxy groups -OCH3 is 2. The van der Waals surface area contributed by atoms with Crippen LogP contribution in [0.1, 0.15) is 77.2 Å². The highest BCUT2D eigenvalue weighted by Gasteiger charge is 2.60. The van der Waals surface area contributed by atoms with Crippen molar-refractivity contribution in [1.82, 2.24) is 4.90 Å². The smallest absolute Gasteiger partial charge is 0.170 e. The van der Waals surface area contributed by atoms with Gasteiger partial charge in [-0.2, -0.15) is 0 Å². The van der Waals surface area contributed by atoms with Gasteiger partial charge in [-0.25, -0.2) is 0 Å². The Hall–Kier alpha value is -1.30. The Morgan fingerprint density at radius 3 is 2.57 bits per heavy atom. The lowest BCUT2D eigenvalue weighted by molar-refractivity contribution is -0.216. The van der Waals surface area contributed by atoms with E-state index in [2.05, 4.69) is 44.0 Å². The standard InChI is InChI=1S/C30H45NO4/c1-20-14-22-8-9-28(16-20,17-21(22)2)27-19-34-30(35-27)11-10-29(12-13-31(3)26(29)18-30)23-6-7-24(32-4)25(15-23)33-5/h6-7,15,20-22,26-27H,8-14,16-19H2,1-5H3/t20?,21?,22?,26-,27?,28?,29-,30?/m0/s1. The van der Waals surface area contributed by atoms with Crippen LogP contribution in [0, 0.1) is 23.2 Å². The largest absolute Gasteiger partial charge is 0.493 e. The second-order valence-electron chi connectivity index (χ2n) is 12.9. The SMILES string of the molecule is COc1ccc([C@]23CCN(C)[C@H]2CC2(CC3)OCC(C34CCC(CC(C)C3)C(C)C4)O2)cc1OC. The van der Waals surface area contributed by atoms with Crippen molar-refractivity contribution < 1.29 is 18.9 Å². The van der Waals surface area contributed by atoms with Crippen LogP contribution in [0.25, 0.3) is 0 Å². The van der Waals surface area contributed by atoms with E-state index < -0.39 is 5.79 Å². The third kappa shape index (κ3) is 3.75. The summed E-state index contributed by atoms with van der Waals surface area (Å²) in [6, 6.07) is 6.96. The Morgan fingerprint density at radius 2 is 1.80 bits per heavy atom. The number of likely N-dealkylation sites (tertiary alicyclic amines) is 1. The zero-order valence-corrected chi connectivity index (χ0v) is 22.5. The maximum atomic E-state index is 7.13. The van der Waals surface area contributed by atoms with Crippen molar-refractivity contribution >= 4 is 0 Å². The number of likely N-dealkylation sites (N-methyl/N-ethyl adjacent to an activating group) is 1. The van der Waals surface area contributed by atoms with Crippen molar-refractivity contribution in [3.8, 4) is 11.5 Å². The van der Waals surface area contributed by atoms with Crippen LogP contribution in [0.5, 0.6) is 11.5 Å². The Balaban J connectivity index is 1.25. The minimum absolute atomic E-state index is 0.117. The Kier molecular flexibility index (Phi) is 5.93. The molecule has 35 heavy (non-hydrogen) atoms. The summed E-state index contributed by atoms with van der Waals surface area (Å²) in [5, 5.41) is 0. The first kappa shape index (κ1) is 24.1. The van der Waals surface area contributed by atoms with Crippen molar-refractivity contribution in [2.24, 2.45) is 23.2 Å². The Bertz CT molecular complexity index is 948. The average Bonchev–Trinajstić information content (AvgIpc) is 3.34. The number of hydrogen-bond acceptors (Lipinski definition) is 5. The molecule has 2 bridgehead atoms. The molecule has 8 atom stereocenters. The third-order valence-corrected chi connectivity index (χ3v) is 11.0. The number of rotatable bonds is 4. The molecule has 0 amide bonds. The Labute approximate surface area is 211 Å². The molecule has 194 valence electrons. The second kappa shape index (κ2) is 8.63. The van der Waals surface area contributed by atoms with Gasteiger partial charge < -0.3 is 23.8 Å². The van der Waals surface area contributed by atoms with Gasteiger partial charge in [-0.1, -0.05) is 19.9 Å². The third-order valence-electron chi connectivity index (χ3n) is 11.0. The fourth-order valence-corrected chi connectivity index (χ4v) is 9.22. The summed E-state index contributed by atoms with van der Waals surface area (Å²) in [6.45, 7) is 6.86. The quantitative estimate of drug-likeness (QED) is 0.542. The van der Waals surface area contributed by atoms with Gasteiger partial charge in [-0.05, 0) is 99.4 Å². The van der Waals surface area contributed by atoms with Crippen molar-refractivity contribution in [2.45, 2.75) is 95.0 Å². The normalized spacial score (nSPS) is 45.5. The molecular formula is C30H45NO4. The van der Waals surface area contributed by atoms with Crippen LogP contribution in [0.3, 0.4) is 0 Å². The first-order chi connectivity index (χ1) is 16.8. The minimum Gasteiger partial charge on any atom is -0.493 e. The maximum absolute atomic E-state index is 7.13. The van der Waals surface area contributed by atoms with Crippen LogP contribution in [-0.2, 0) is 14.9 Å². The molecule has 0 radical (unpaired) electrons. The van der Waals surface area contributed by atoms with Crippen molar-refractivity contribution in [2.75, 3.05) is 34.4 Å². The van der Waals surface area contributed by atoms with E-state index in [0.717, 1.165) is 61.7 Å². The van der Waals surface area contributed by atoms with Crippen molar-refractivity contribution in [1.29, 1.82) is 0 Å².